The molecule has 1 fully saturated rings. The van der Waals surface area contributed by atoms with Gasteiger partial charge >= 0.3 is 0 Å². The summed E-state index contributed by atoms with van der Waals surface area (Å²) in [6.07, 6.45) is 0.330. The van der Waals surface area contributed by atoms with E-state index in [9.17, 15) is 9.18 Å². The van der Waals surface area contributed by atoms with Gasteiger partial charge in [-0.3, -0.25) is 4.79 Å². The van der Waals surface area contributed by atoms with Crippen molar-refractivity contribution in [2.75, 3.05) is 11.4 Å². The van der Waals surface area contributed by atoms with Crippen molar-refractivity contribution in [2.24, 2.45) is 0 Å². The van der Waals surface area contributed by atoms with Crippen LogP contribution < -0.4 is 4.90 Å². The van der Waals surface area contributed by atoms with Crippen molar-refractivity contribution >= 4 is 11.6 Å². The lowest BCUT2D eigenvalue weighted by Crippen LogP contribution is -2.24. The molecule has 0 radical (unpaired) electrons. The van der Waals surface area contributed by atoms with E-state index in [1.54, 1.807) is 17.0 Å². The van der Waals surface area contributed by atoms with Crippen LogP contribution in [0.1, 0.15) is 43.8 Å². The monoisotopic (exact) mass is 289 g/mol. The van der Waals surface area contributed by atoms with Crippen molar-refractivity contribution in [3.8, 4) is 0 Å². The van der Waals surface area contributed by atoms with E-state index in [1.165, 1.54) is 12.1 Å². The summed E-state index contributed by atoms with van der Waals surface area (Å²) in [5.74, 6) is 0.890. The predicted molar refractivity (Wildman–Crippen MR) is 74.5 cm³/mol. The van der Waals surface area contributed by atoms with Gasteiger partial charge < -0.3 is 9.42 Å². The summed E-state index contributed by atoms with van der Waals surface area (Å²) in [7, 11) is 0. The molecule has 0 aliphatic carbocycles. The van der Waals surface area contributed by atoms with Gasteiger partial charge in [0, 0.05) is 24.6 Å². The fourth-order valence-electron chi connectivity index (χ4n) is 2.39. The Morgan fingerprint density at radius 1 is 1.33 bits per heavy atom. The number of anilines is 1. The number of rotatable bonds is 3. The lowest BCUT2D eigenvalue weighted by Gasteiger charge is -2.15. The van der Waals surface area contributed by atoms with E-state index in [4.69, 9.17) is 4.52 Å². The maximum absolute atomic E-state index is 13.0. The minimum atomic E-state index is -0.319. The Morgan fingerprint density at radius 2 is 2.05 bits per heavy atom. The van der Waals surface area contributed by atoms with Gasteiger partial charge in [0.15, 0.2) is 5.82 Å². The van der Waals surface area contributed by atoms with Gasteiger partial charge in [-0.25, -0.2) is 4.39 Å². The van der Waals surface area contributed by atoms with Gasteiger partial charge in [0.05, 0.1) is 5.92 Å². The quantitative estimate of drug-likeness (QED) is 0.871. The average molecular weight is 289 g/mol. The minimum Gasteiger partial charge on any atom is -0.339 e. The molecule has 0 saturated carbocycles. The number of halogens is 1. The maximum Gasteiger partial charge on any atom is 0.232 e. The van der Waals surface area contributed by atoms with Crippen LogP contribution in [0.4, 0.5) is 10.1 Å². The van der Waals surface area contributed by atoms with Crippen molar-refractivity contribution in [3.05, 3.63) is 41.8 Å². The standard InChI is InChI=1S/C15H16FN3O2/c1-9(2)14-17-15(21-18-14)10-7-13(20)19(8-10)12-5-3-11(16)4-6-12/h3-6,9-10H,7-8H2,1-2H3/t10-/m0/s1. The Morgan fingerprint density at radius 3 is 2.67 bits per heavy atom. The van der Waals surface area contributed by atoms with Crippen LogP contribution in [-0.2, 0) is 4.79 Å². The van der Waals surface area contributed by atoms with E-state index in [1.807, 2.05) is 13.8 Å². The summed E-state index contributed by atoms with van der Waals surface area (Å²) in [6.45, 7) is 4.45. The van der Waals surface area contributed by atoms with E-state index in [0.717, 1.165) is 0 Å². The Bertz CT molecular complexity index is 651. The molecule has 21 heavy (non-hydrogen) atoms. The zero-order valence-corrected chi connectivity index (χ0v) is 11.9. The molecule has 0 N–H and O–H groups in total. The summed E-state index contributed by atoms with van der Waals surface area (Å²) >= 11 is 0. The summed E-state index contributed by atoms with van der Waals surface area (Å²) in [4.78, 5) is 18.1. The zero-order valence-electron chi connectivity index (χ0n) is 11.9. The third-order valence-corrected chi connectivity index (χ3v) is 3.59. The molecule has 1 aliphatic heterocycles. The van der Waals surface area contributed by atoms with Gasteiger partial charge in [-0.15, -0.1) is 0 Å². The third kappa shape index (κ3) is 2.66. The summed E-state index contributed by atoms with van der Waals surface area (Å²) in [5, 5.41) is 3.93. The van der Waals surface area contributed by atoms with Crippen molar-refractivity contribution in [2.45, 2.75) is 32.1 Å². The highest BCUT2D eigenvalue weighted by molar-refractivity contribution is 5.96. The zero-order chi connectivity index (χ0) is 15.0. The highest BCUT2D eigenvalue weighted by Crippen LogP contribution is 2.31. The molecular weight excluding hydrogens is 273 g/mol. The van der Waals surface area contributed by atoms with Crippen molar-refractivity contribution in [1.29, 1.82) is 0 Å². The number of benzene rings is 1. The maximum atomic E-state index is 13.0. The van der Waals surface area contributed by atoms with E-state index in [2.05, 4.69) is 10.1 Å². The Hall–Kier alpha value is -2.24. The van der Waals surface area contributed by atoms with Gasteiger partial charge in [0.25, 0.3) is 0 Å². The molecule has 0 spiro atoms. The normalized spacial score (nSPS) is 18.8. The summed E-state index contributed by atoms with van der Waals surface area (Å²) in [6, 6.07) is 5.89. The fourth-order valence-corrected chi connectivity index (χ4v) is 2.39. The molecule has 1 aliphatic rings. The third-order valence-electron chi connectivity index (χ3n) is 3.59. The highest BCUT2D eigenvalue weighted by atomic mass is 19.1. The first-order valence-corrected chi connectivity index (χ1v) is 6.94. The number of amides is 1. The largest absolute Gasteiger partial charge is 0.339 e. The molecule has 2 heterocycles. The number of hydrogen-bond donors (Lipinski definition) is 0. The van der Waals surface area contributed by atoms with E-state index < -0.39 is 0 Å². The van der Waals surface area contributed by atoms with Gasteiger partial charge in [-0.1, -0.05) is 19.0 Å². The van der Waals surface area contributed by atoms with Gasteiger partial charge in [-0.05, 0) is 24.3 Å². The lowest BCUT2D eigenvalue weighted by molar-refractivity contribution is -0.117. The Labute approximate surface area is 121 Å². The van der Waals surface area contributed by atoms with Crippen LogP contribution in [0.2, 0.25) is 0 Å². The van der Waals surface area contributed by atoms with Crippen LogP contribution in [-0.4, -0.2) is 22.6 Å². The van der Waals surface area contributed by atoms with Crippen LogP contribution >= 0.6 is 0 Å². The molecule has 0 unspecified atom stereocenters. The first-order chi connectivity index (χ1) is 10.0. The fraction of sp³-hybridized carbons (Fsp3) is 0.400. The first-order valence-electron chi connectivity index (χ1n) is 6.94. The Balaban J connectivity index is 1.79. The molecule has 110 valence electrons. The van der Waals surface area contributed by atoms with Crippen molar-refractivity contribution < 1.29 is 13.7 Å². The van der Waals surface area contributed by atoms with Gasteiger partial charge in [0.1, 0.15) is 5.82 Å². The number of aromatic nitrogens is 2. The number of nitrogens with zero attached hydrogens (tertiary/aromatic N) is 3. The highest BCUT2D eigenvalue weighted by Gasteiger charge is 2.35. The SMILES string of the molecule is CC(C)c1noc([C@H]2CC(=O)N(c3ccc(F)cc3)C2)n1. The van der Waals surface area contributed by atoms with Gasteiger partial charge in [-0.2, -0.15) is 4.98 Å². The smallest absolute Gasteiger partial charge is 0.232 e. The predicted octanol–water partition coefficient (Wildman–Crippen LogP) is 2.85. The molecule has 0 bridgehead atoms. The second-order valence-electron chi connectivity index (χ2n) is 5.53. The van der Waals surface area contributed by atoms with Crippen molar-refractivity contribution in [1.82, 2.24) is 10.1 Å². The number of hydrogen-bond acceptors (Lipinski definition) is 4. The molecule has 2 aromatic rings. The Kier molecular flexibility index (Phi) is 3.45. The number of carbonyl (C=O) groups is 1. The molecule has 1 aromatic carbocycles. The second kappa shape index (κ2) is 5.27. The van der Waals surface area contributed by atoms with Crippen LogP contribution in [0.3, 0.4) is 0 Å². The van der Waals surface area contributed by atoms with Crippen LogP contribution in [0.5, 0.6) is 0 Å². The van der Waals surface area contributed by atoms with E-state index in [-0.39, 0.29) is 23.6 Å². The van der Waals surface area contributed by atoms with E-state index >= 15 is 0 Å². The minimum absolute atomic E-state index is 0.0177. The molecule has 1 saturated heterocycles. The molecule has 5 nitrogen and oxygen atoms in total. The van der Waals surface area contributed by atoms with E-state index in [0.29, 0.717) is 30.4 Å². The lowest BCUT2D eigenvalue weighted by atomic mass is 10.1. The average Bonchev–Trinajstić information content (AvgIpc) is 3.06. The summed E-state index contributed by atoms with van der Waals surface area (Å²) in [5.41, 5.74) is 0.687. The van der Waals surface area contributed by atoms with Crippen molar-refractivity contribution in [3.63, 3.8) is 0 Å². The molecule has 1 aromatic heterocycles. The second-order valence-corrected chi connectivity index (χ2v) is 5.53. The van der Waals surface area contributed by atoms with Crippen LogP contribution in [0, 0.1) is 5.82 Å². The molecule has 3 rings (SSSR count). The molecule has 1 amide bonds. The van der Waals surface area contributed by atoms with Crippen LogP contribution in [0.25, 0.3) is 0 Å². The first kappa shape index (κ1) is 13.7. The molecule has 1 atom stereocenters. The molecular formula is C15H16FN3O2. The van der Waals surface area contributed by atoms with Crippen LogP contribution in [0.15, 0.2) is 28.8 Å². The summed E-state index contributed by atoms with van der Waals surface area (Å²) < 4.78 is 18.2. The molecule has 6 heteroatoms. The van der Waals surface area contributed by atoms with Gasteiger partial charge in [0.2, 0.25) is 11.8 Å². The number of carbonyl (C=O) groups excluding carboxylic acids is 1. The topological polar surface area (TPSA) is 59.2 Å².